The van der Waals surface area contributed by atoms with Crippen LogP contribution >= 0.6 is 0 Å². The number of methoxy groups -OCH3 is 1. The molecule has 0 radical (unpaired) electrons. The Morgan fingerprint density at radius 2 is 2.03 bits per heavy atom. The van der Waals surface area contributed by atoms with E-state index in [2.05, 4.69) is 20.3 Å². The third-order valence-corrected chi connectivity index (χ3v) is 4.65. The number of hydrogen-bond donors (Lipinski definition) is 0. The van der Waals surface area contributed by atoms with Crippen LogP contribution in [0.1, 0.15) is 30.1 Å². The smallest absolute Gasteiger partial charge is 0.251 e. The third-order valence-electron chi connectivity index (χ3n) is 4.65. The molecule has 1 unspecified atom stereocenters. The van der Waals surface area contributed by atoms with E-state index in [0.29, 0.717) is 49.6 Å². The average Bonchev–Trinajstić information content (AvgIpc) is 3.41. The van der Waals surface area contributed by atoms with Crippen LogP contribution in [0.5, 0.6) is 5.75 Å². The molecule has 0 spiro atoms. The molecule has 0 N–H and O–H groups in total. The summed E-state index contributed by atoms with van der Waals surface area (Å²) in [6.07, 6.45) is 0.572. The van der Waals surface area contributed by atoms with Crippen molar-refractivity contribution in [2.75, 3.05) is 26.9 Å². The topological polar surface area (TPSA) is 117 Å². The van der Waals surface area contributed by atoms with Crippen LogP contribution in [-0.2, 0) is 16.0 Å². The predicted molar refractivity (Wildman–Crippen MR) is 98.9 cm³/mol. The standard InChI is InChI=1S/C19H21N5O5/c1-12-20-19(29-22-12)15-11-27-10-9-24(15)17(25)8-7-16-21-18(23-28-16)13-3-5-14(26-2)6-4-13/h3-6,15H,7-11H2,1-2H3. The highest BCUT2D eigenvalue weighted by atomic mass is 16.5. The lowest BCUT2D eigenvalue weighted by molar-refractivity contribution is -0.141. The van der Waals surface area contributed by atoms with Crippen molar-refractivity contribution < 1.29 is 23.3 Å². The summed E-state index contributed by atoms with van der Waals surface area (Å²) in [4.78, 5) is 23.1. The van der Waals surface area contributed by atoms with Gasteiger partial charge >= 0.3 is 0 Å². The highest BCUT2D eigenvalue weighted by Crippen LogP contribution is 2.24. The minimum Gasteiger partial charge on any atom is -0.497 e. The van der Waals surface area contributed by atoms with Gasteiger partial charge in [0.05, 0.1) is 20.3 Å². The first-order valence-corrected chi connectivity index (χ1v) is 9.28. The molecule has 152 valence electrons. The van der Waals surface area contributed by atoms with Gasteiger partial charge in [-0.1, -0.05) is 10.3 Å². The second kappa shape index (κ2) is 8.39. The van der Waals surface area contributed by atoms with Crippen molar-refractivity contribution in [2.24, 2.45) is 0 Å². The van der Waals surface area contributed by atoms with Gasteiger partial charge in [-0.3, -0.25) is 4.79 Å². The van der Waals surface area contributed by atoms with Crippen LogP contribution in [0.15, 0.2) is 33.3 Å². The summed E-state index contributed by atoms with van der Waals surface area (Å²) in [5, 5.41) is 7.79. The molecular weight excluding hydrogens is 378 g/mol. The van der Waals surface area contributed by atoms with Crippen LogP contribution in [0, 0.1) is 6.92 Å². The molecule has 1 saturated heterocycles. The Kier molecular flexibility index (Phi) is 5.52. The van der Waals surface area contributed by atoms with Crippen molar-refractivity contribution in [1.82, 2.24) is 25.2 Å². The predicted octanol–water partition coefficient (Wildman–Crippen LogP) is 1.97. The summed E-state index contributed by atoms with van der Waals surface area (Å²) in [5.41, 5.74) is 0.812. The molecule has 10 heteroatoms. The Balaban J connectivity index is 1.39. The van der Waals surface area contributed by atoms with Gasteiger partial charge in [-0.05, 0) is 31.2 Å². The molecular formula is C19H21N5O5. The summed E-state index contributed by atoms with van der Waals surface area (Å²) < 4.78 is 21.2. The second-order valence-electron chi connectivity index (χ2n) is 6.60. The first-order valence-electron chi connectivity index (χ1n) is 9.28. The number of aryl methyl sites for hydroxylation is 2. The van der Waals surface area contributed by atoms with E-state index in [9.17, 15) is 4.79 Å². The van der Waals surface area contributed by atoms with Gasteiger partial charge in [-0.25, -0.2) is 0 Å². The van der Waals surface area contributed by atoms with E-state index in [4.69, 9.17) is 18.5 Å². The van der Waals surface area contributed by atoms with Crippen molar-refractivity contribution in [3.8, 4) is 17.1 Å². The SMILES string of the molecule is COc1ccc(-c2noc(CCC(=O)N3CCOCC3c3nc(C)no3)n2)cc1. The molecule has 0 saturated carbocycles. The highest BCUT2D eigenvalue weighted by molar-refractivity contribution is 5.77. The molecule has 1 aliphatic rings. The van der Waals surface area contributed by atoms with Crippen molar-refractivity contribution in [1.29, 1.82) is 0 Å². The van der Waals surface area contributed by atoms with Crippen molar-refractivity contribution >= 4 is 5.91 Å². The number of rotatable bonds is 6. The molecule has 4 rings (SSSR count). The average molecular weight is 399 g/mol. The first-order chi connectivity index (χ1) is 14.1. The molecule has 1 fully saturated rings. The Morgan fingerprint density at radius 1 is 1.21 bits per heavy atom. The lowest BCUT2D eigenvalue weighted by Gasteiger charge is -2.33. The Labute approximate surface area is 166 Å². The van der Waals surface area contributed by atoms with Crippen LogP contribution in [0.2, 0.25) is 0 Å². The van der Waals surface area contributed by atoms with E-state index in [0.717, 1.165) is 11.3 Å². The molecule has 29 heavy (non-hydrogen) atoms. The number of benzene rings is 1. The monoisotopic (exact) mass is 399 g/mol. The summed E-state index contributed by atoms with van der Waals surface area (Å²) >= 11 is 0. The molecule has 3 heterocycles. The lowest BCUT2D eigenvalue weighted by atomic mass is 10.2. The third kappa shape index (κ3) is 4.27. The second-order valence-corrected chi connectivity index (χ2v) is 6.60. The fraction of sp³-hybridized carbons (Fsp3) is 0.421. The largest absolute Gasteiger partial charge is 0.497 e. The van der Waals surface area contributed by atoms with E-state index in [-0.39, 0.29) is 18.4 Å². The number of nitrogens with zero attached hydrogens (tertiary/aromatic N) is 5. The van der Waals surface area contributed by atoms with Crippen LogP contribution in [0.4, 0.5) is 0 Å². The van der Waals surface area contributed by atoms with Gasteiger partial charge in [-0.2, -0.15) is 9.97 Å². The van der Waals surface area contributed by atoms with Crippen LogP contribution < -0.4 is 4.74 Å². The van der Waals surface area contributed by atoms with Crippen molar-refractivity contribution in [3.05, 3.63) is 41.9 Å². The van der Waals surface area contributed by atoms with Gasteiger partial charge < -0.3 is 23.4 Å². The van der Waals surface area contributed by atoms with Gasteiger partial charge in [0.2, 0.25) is 17.6 Å². The minimum absolute atomic E-state index is 0.0571. The van der Waals surface area contributed by atoms with E-state index in [1.54, 1.807) is 18.9 Å². The molecule has 3 aromatic rings. The van der Waals surface area contributed by atoms with Gasteiger partial charge in [0, 0.05) is 24.9 Å². The number of aromatic nitrogens is 4. The number of morpholine rings is 1. The zero-order valence-corrected chi connectivity index (χ0v) is 16.2. The molecule has 2 aromatic heterocycles. The molecule has 1 aliphatic heterocycles. The Hall–Kier alpha value is -3.27. The molecule has 1 aromatic carbocycles. The van der Waals surface area contributed by atoms with E-state index >= 15 is 0 Å². The fourth-order valence-electron chi connectivity index (χ4n) is 3.13. The summed E-state index contributed by atoms with van der Waals surface area (Å²) in [6.45, 7) is 3.00. The molecule has 10 nitrogen and oxygen atoms in total. The maximum atomic E-state index is 12.8. The van der Waals surface area contributed by atoms with E-state index in [1.807, 2.05) is 24.3 Å². The molecule has 1 atom stereocenters. The van der Waals surface area contributed by atoms with E-state index in [1.165, 1.54) is 0 Å². The van der Waals surface area contributed by atoms with Crippen molar-refractivity contribution in [2.45, 2.75) is 25.8 Å². The quantitative estimate of drug-likeness (QED) is 0.613. The van der Waals surface area contributed by atoms with Gasteiger partial charge in [0.15, 0.2) is 5.82 Å². The number of carbonyl (C=O) groups excluding carboxylic acids is 1. The maximum Gasteiger partial charge on any atom is 0.251 e. The van der Waals surface area contributed by atoms with Crippen LogP contribution in [0.25, 0.3) is 11.4 Å². The zero-order chi connectivity index (χ0) is 20.2. The molecule has 0 bridgehead atoms. The number of ether oxygens (including phenoxy) is 2. The molecule has 1 amide bonds. The highest BCUT2D eigenvalue weighted by Gasteiger charge is 2.32. The summed E-state index contributed by atoms with van der Waals surface area (Å²) in [6, 6.07) is 6.97. The Bertz CT molecular complexity index is 968. The minimum atomic E-state index is -0.380. The number of carbonyl (C=O) groups is 1. The zero-order valence-electron chi connectivity index (χ0n) is 16.2. The van der Waals surface area contributed by atoms with Crippen LogP contribution in [-0.4, -0.2) is 58.0 Å². The number of hydrogen-bond acceptors (Lipinski definition) is 9. The van der Waals surface area contributed by atoms with Gasteiger partial charge in [-0.15, -0.1) is 0 Å². The van der Waals surface area contributed by atoms with Crippen LogP contribution in [0.3, 0.4) is 0 Å². The fourth-order valence-corrected chi connectivity index (χ4v) is 3.13. The van der Waals surface area contributed by atoms with Gasteiger partial charge in [0.1, 0.15) is 11.8 Å². The summed E-state index contributed by atoms with van der Waals surface area (Å²) in [5.74, 6) is 2.48. The Morgan fingerprint density at radius 3 is 2.76 bits per heavy atom. The van der Waals surface area contributed by atoms with Crippen molar-refractivity contribution in [3.63, 3.8) is 0 Å². The van der Waals surface area contributed by atoms with Gasteiger partial charge in [0.25, 0.3) is 5.89 Å². The molecule has 0 aliphatic carbocycles. The normalized spacial score (nSPS) is 16.8. The van der Waals surface area contributed by atoms with E-state index < -0.39 is 0 Å². The first kappa shape index (κ1) is 19.1. The lowest BCUT2D eigenvalue weighted by Crippen LogP contribution is -2.43. The maximum absolute atomic E-state index is 12.8. The number of amides is 1. The summed E-state index contributed by atoms with van der Waals surface area (Å²) in [7, 11) is 1.61.